The summed E-state index contributed by atoms with van der Waals surface area (Å²) in [5, 5.41) is 4.92. The topological polar surface area (TPSA) is 78.5 Å². The Hall–Kier alpha value is -2.37. The van der Waals surface area contributed by atoms with Crippen LogP contribution in [0.4, 0.5) is 5.69 Å². The van der Waals surface area contributed by atoms with Gasteiger partial charge in [0.1, 0.15) is 0 Å². The minimum absolute atomic E-state index is 0.106. The minimum Gasteiger partial charge on any atom is -0.349 e. The molecule has 1 aromatic carbocycles. The highest BCUT2D eigenvalue weighted by Gasteiger charge is 2.14. The summed E-state index contributed by atoms with van der Waals surface area (Å²) in [7, 11) is 3.27. The van der Waals surface area contributed by atoms with Crippen molar-refractivity contribution in [3.8, 4) is 0 Å². The second-order valence-electron chi connectivity index (χ2n) is 4.80. The lowest BCUT2D eigenvalue weighted by Gasteiger charge is -2.10. The summed E-state index contributed by atoms with van der Waals surface area (Å²) < 4.78 is 0. The third kappa shape index (κ3) is 5.64. The van der Waals surface area contributed by atoms with Gasteiger partial charge in [-0.3, -0.25) is 14.4 Å². The lowest BCUT2D eigenvalue weighted by Crippen LogP contribution is -2.37. The second kappa shape index (κ2) is 8.04. The number of rotatable bonds is 5. The molecule has 0 fully saturated rings. The number of hydrogen-bond acceptors (Lipinski definition) is 3. The second-order valence-corrected chi connectivity index (χ2v) is 4.80. The molecular weight excluding hydrogens is 270 g/mol. The molecule has 0 bridgehead atoms. The molecular formula is C15H21N3O3. The number of carbonyl (C=O) groups excluding carboxylic acids is 3. The first-order valence-corrected chi connectivity index (χ1v) is 6.82. The zero-order valence-electron chi connectivity index (χ0n) is 12.6. The van der Waals surface area contributed by atoms with Crippen molar-refractivity contribution in [3.63, 3.8) is 0 Å². The van der Waals surface area contributed by atoms with E-state index in [1.807, 2.05) is 19.1 Å². The van der Waals surface area contributed by atoms with Crippen molar-refractivity contribution in [1.82, 2.24) is 10.2 Å². The van der Waals surface area contributed by atoms with Crippen molar-refractivity contribution in [1.29, 1.82) is 0 Å². The Balaban J connectivity index is 2.40. The van der Waals surface area contributed by atoms with Gasteiger partial charge in [0.25, 0.3) is 0 Å². The van der Waals surface area contributed by atoms with Gasteiger partial charge in [-0.1, -0.05) is 19.1 Å². The summed E-state index contributed by atoms with van der Waals surface area (Å²) in [6.45, 7) is 2.17. The number of nitrogens with one attached hydrogen (secondary N) is 2. The first-order valence-electron chi connectivity index (χ1n) is 6.82. The zero-order valence-corrected chi connectivity index (χ0v) is 12.6. The van der Waals surface area contributed by atoms with Crippen LogP contribution >= 0.6 is 0 Å². The molecule has 0 atom stereocenters. The van der Waals surface area contributed by atoms with E-state index >= 15 is 0 Å². The molecule has 0 spiro atoms. The third-order valence-electron chi connectivity index (χ3n) is 2.95. The highest BCUT2D eigenvalue weighted by molar-refractivity contribution is 6.39. The van der Waals surface area contributed by atoms with Crippen molar-refractivity contribution < 1.29 is 14.4 Å². The van der Waals surface area contributed by atoms with Gasteiger partial charge in [0.05, 0.1) is 0 Å². The number of nitrogens with zero attached hydrogens (tertiary/aromatic N) is 1. The van der Waals surface area contributed by atoms with E-state index in [2.05, 4.69) is 10.6 Å². The third-order valence-corrected chi connectivity index (χ3v) is 2.95. The molecule has 0 saturated carbocycles. The van der Waals surface area contributed by atoms with E-state index in [-0.39, 0.29) is 18.9 Å². The molecule has 0 unspecified atom stereocenters. The molecule has 0 aliphatic carbocycles. The molecule has 1 rings (SSSR count). The maximum atomic E-state index is 11.7. The SMILES string of the molecule is CCc1ccc(NC(=O)C(=O)NCCC(=O)N(C)C)cc1. The summed E-state index contributed by atoms with van der Waals surface area (Å²) in [4.78, 5) is 36.0. The fraction of sp³-hybridized carbons (Fsp3) is 0.400. The Bertz CT molecular complexity index is 509. The maximum absolute atomic E-state index is 11.7. The van der Waals surface area contributed by atoms with Gasteiger partial charge in [0.15, 0.2) is 0 Å². The molecule has 0 aliphatic rings. The molecule has 0 saturated heterocycles. The Morgan fingerprint density at radius 2 is 1.67 bits per heavy atom. The van der Waals surface area contributed by atoms with Gasteiger partial charge < -0.3 is 15.5 Å². The standard InChI is InChI=1S/C15H21N3O3/c1-4-11-5-7-12(8-6-11)17-15(21)14(20)16-10-9-13(19)18(2)3/h5-8H,4,9-10H2,1-3H3,(H,16,20)(H,17,21). The molecule has 6 heteroatoms. The van der Waals surface area contributed by atoms with Gasteiger partial charge >= 0.3 is 11.8 Å². The van der Waals surface area contributed by atoms with Crippen LogP contribution in [0, 0.1) is 0 Å². The number of anilines is 1. The highest BCUT2D eigenvalue weighted by atomic mass is 16.2. The van der Waals surface area contributed by atoms with Gasteiger partial charge in [0.2, 0.25) is 5.91 Å². The molecule has 6 nitrogen and oxygen atoms in total. The normalized spacial score (nSPS) is 9.86. The van der Waals surface area contributed by atoms with Crippen LogP contribution in [0.15, 0.2) is 24.3 Å². The van der Waals surface area contributed by atoms with Gasteiger partial charge in [-0.25, -0.2) is 0 Å². The number of aryl methyl sites for hydroxylation is 1. The molecule has 0 heterocycles. The van der Waals surface area contributed by atoms with E-state index in [9.17, 15) is 14.4 Å². The van der Waals surface area contributed by atoms with Crippen LogP contribution in [0.25, 0.3) is 0 Å². The van der Waals surface area contributed by atoms with Crippen LogP contribution in [0.1, 0.15) is 18.9 Å². The predicted molar refractivity (Wildman–Crippen MR) is 80.8 cm³/mol. The molecule has 0 aliphatic heterocycles. The fourth-order valence-corrected chi connectivity index (χ4v) is 1.60. The molecule has 21 heavy (non-hydrogen) atoms. The number of amides is 3. The number of benzene rings is 1. The van der Waals surface area contributed by atoms with Gasteiger partial charge in [-0.15, -0.1) is 0 Å². The molecule has 0 aromatic heterocycles. The van der Waals surface area contributed by atoms with E-state index < -0.39 is 11.8 Å². The van der Waals surface area contributed by atoms with Gasteiger partial charge in [-0.05, 0) is 24.1 Å². The number of carbonyl (C=O) groups is 3. The summed E-state index contributed by atoms with van der Waals surface area (Å²) in [6, 6.07) is 7.28. The Kier molecular flexibility index (Phi) is 6.39. The first kappa shape index (κ1) is 16.7. The Labute approximate surface area is 124 Å². The van der Waals surface area contributed by atoms with Crippen molar-refractivity contribution in [2.45, 2.75) is 19.8 Å². The summed E-state index contributed by atoms with van der Waals surface area (Å²) in [5.74, 6) is -1.59. The Morgan fingerprint density at radius 3 is 2.19 bits per heavy atom. The molecule has 1 aromatic rings. The summed E-state index contributed by atoms with van der Waals surface area (Å²) >= 11 is 0. The summed E-state index contributed by atoms with van der Waals surface area (Å²) in [6.07, 6.45) is 1.08. The molecule has 2 N–H and O–H groups in total. The first-order chi connectivity index (χ1) is 9.93. The average molecular weight is 291 g/mol. The van der Waals surface area contributed by atoms with Crippen LogP contribution < -0.4 is 10.6 Å². The minimum atomic E-state index is -0.749. The maximum Gasteiger partial charge on any atom is 0.313 e. The van der Waals surface area contributed by atoms with Gasteiger partial charge in [-0.2, -0.15) is 0 Å². The van der Waals surface area contributed by atoms with Crippen LogP contribution in [0.3, 0.4) is 0 Å². The van der Waals surface area contributed by atoms with E-state index in [4.69, 9.17) is 0 Å². The molecule has 0 radical (unpaired) electrons. The lowest BCUT2D eigenvalue weighted by atomic mass is 10.1. The highest BCUT2D eigenvalue weighted by Crippen LogP contribution is 2.09. The Morgan fingerprint density at radius 1 is 1.05 bits per heavy atom. The van der Waals surface area contributed by atoms with E-state index in [0.29, 0.717) is 5.69 Å². The predicted octanol–water partition coefficient (Wildman–Crippen LogP) is 0.782. The summed E-state index contributed by atoms with van der Waals surface area (Å²) in [5.41, 5.74) is 1.72. The largest absolute Gasteiger partial charge is 0.349 e. The molecule has 3 amide bonds. The van der Waals surface area contributed by atoms with E-state index in [1.165, 1.54) is 4.90 Å². The quantitative estimate of drug-likeness (QED) is 0.787. The van der Waals surface area contributed by atoms with Crippen molar-refractivity contribution in [2.75, 3.05) is 26.0 Å². The fourth-order valence-electron chi connectivity index (χ4n) is 1.60. The number of hydrogen-bond donors (Lipinski definition) is 2. The molecule has 114 valence electrons. The van der Waals surface area contributed by atoms with Gasteiger partial charge in [0, 0.05) is 32.7 Å². The van der Waals surface area contributed by atoms with E-state index in [0.717, 1.165) is 12.0 Å². The smallest absolute Gasteiger partial charge is 0.313 e. The zero-order chi connectivity index (χ0) is 15.8. The van der Waals surface area contributed by atoms with Crippen molar-refractivity contribution >= 4 is 23.4 Å². The van der Waals surface area contributed by atoms with Crippen LogP contribution in [0.2, 0.25) is 0 Å². The van der Waals surface area contributed by atoms with Crippen LogP contribution in [0.5, 0.6) is 0 Å². The lowest BCUT2D eigenvalue weighted by molar-refractivity contribution is -0.136. The average Bonchev–Trinajstić information content (AvgIpc) is 2.47. The van der Waals surface area contributed by atoms with Crippen LogP contribution in [-0.4, -0.2) is 43.3 Å². The van der Waals surface area contributed by atoms with E-state index in [1.54, 1.807) is 26.2 Å². The monoisotopic (exact) mass is 291 g/mol. The van der Waals surface area contributed by atoms with Crippen molar-refractivity contribution in [3.05, 3.63) is 29.8 Å². The van der Waals surface area contributed by atoms with Crippen LogP contribution in [-0.2, 0) is 20.8 Å². The van der Waals surface area contributed by atoms with Crippen molar-refractivity contribution in [2.24, 2.45) is 0 Å².